The predicted molar refractivity (Wildman–Crippen MR) is 76.4 cm³/mol. The molecule has 1 heterocycles. The Morgan fingerprint density at radius 3 is 2.89 bits per heavy atom. The number of methoxy groups -OCH3 is 1. The fourth-order valence-electron chi connectivity index (χ4n) is 2.62. The van der Waals surface area contributed by atoms with Gasteiger partial charge in [0, 0.05) is 18.3 Å². The van der Waals surface area contributed by atoms with E-state index >= 15 is 0 Å². The van der Waals surface area contributed by atoms with Crippen LogP contribution in [0.2, 0.25) is 0 Å². The van der Waals surface area contributed by atoms with Crippen LogP contribution in [0.4, 0.5) is 5.69 Å². The van der Waals surface area contributed by atoms with Gasteiger partial charge in [-0.25, -0.2) is 0 Å². The SMILES string of the molecule is COc1ccc(N)cc1C(=O)N1CCCCCC1C. The molecule has 4 nitrogen and oxygen atoms in total. The molecular weight excluding hydrogens is 240 g/mol. The van der Waals surface area contributed by atoms with Gasteiger partial charge >= 0.3 is 0 Å². The van der Waals surface area contributed by atoms with Crippen LogP contribution >= 0.6 is 0 Å². The molecule has 1 saturated heterocycles. The summed E-state index contributed by atoms with van der Waals surface area (Å²) >= 11 is 0. The van der Waals surface area contributed by atoms with Crippen LogP contribution in [0.25, 0.3) is 0 Å². The lowest BCUT2D eigenvalue weighted by atomic mass is 10.1. The van der Waals surface area contributed by atoms with Gasteiger partial charge in [-0.05, 0) is 38.0 Å². The van der Waals surface area contributed by atoms with Crippen molar-refractivity contribution in [3.8, 4) is 5.75 Å². The molecule has 4 heteroatoms. The van der Waals surface area contributed by atoms with Gasteiger partial charge in [0.05, 0.1) is 12.7 Å². The van der Waals surface area contributed by atoms with Crippen LogP contribution in [0.3, 0.4) is 0 Å². The quantitative estimate of drug-likeness (QED) is 0.834. The smallest absolute Gasteiger partial charge is 0.257 e. The Hall–Kier alpha value is -1.71. The first-order valence-corrected chi connectivity index (χ1v) is 6.88. The zero-order valence-electron chi connectivity index (χ0n) is 11.7. The van der Waals surface area contributed by atoms with Gasteiger partial charge in [0.15, 0.2) is 0 Å². The van der Waals surface area contributed by atoms with Crippen molar-refractivity contribution in [2.24, 2.45) is 0 Å². The molecule has 1 aromatic carbocycles. The number of rotatable bonds is 2. The number of anilines is 1. The zero-order valence-corrected chi connectivity index (χ0v) is 11.7. The molecule has 0 saturated carbocycles. The molecule has 1 aliphatic rings. The third-order valence-electron chi connectivity index (χ3n) is 3.77. The van der Waals surface area contributed by atoms with E-state index in [0.29, 0.717) is 17.0 Å². The van der Waals surface area contributed by atoms with Crippen molar-refractivity contribution < 1.29 is 9.53 Å². The number of nitrogens with zero attached hydrogens (tertiary/aromatic N) is 1. The molecule has 0 bridgehead atoms. The highest BCUT2D eigenvalue weighted by atomic mass is 16.5. The highest BCUT2D eigenvalue weighted by Crippen LogP contribution is 2.25. The number of hydrogen-bond acceptors (Lipinski definition) is 3. The number of ether oxygens (including phenoxy) is 1. The van der Waals surface area contributed by atoms with E-state index in [-0.39, 0.29) is 11.9 Å². The number of nitrogen functional groups attached to an aromatic ring is 1. The minimum Gasteiger partial charge on any atom is -0.496 e. The van der Waals surface area contributed by atoms with Crippen molar-refractivity contribution in [2.45, 2.75) is 38.6 Å². The number of likely N-dealkylation sites (tertiary alicyclic amines) is 1. The summed E-state index contributed by atoms with van der Waals surface area (Å²) in [5, 5.41) is 0. The minimum absolute atomic E-state index is 0.0264. The number of carbonyl (C=O) groups excluding carboxylic acids is 1. The molecule has 0 spiro atoms. The monoisotopic (exact) mass is 262 g/mol. The van der Waals surface area contributed by atoms with E-state index in [1.807, 2.05) is 4.90 Å². The summed E-state index contributed by atoms with van der Waals surface area (Å²) < 4.78 is 5.28. The predicted octanol–water partition coefficient (Wildman–Crippen LogP) is 2.68. The molecule has 0 aromatic heterocycles. The molecule has 0 radical (unpaired) electrons. The Labute approximate surface area is 114 Å². The van der Waals surface area contributed by atoms with Crippen LogP contribution in [0.15, 0.2) is 18.2 Å². The third-order valence-corrected chi connectivity index (χ3v) is 3.77. The lowest BCUT2D eigenvalue weighted by Crippen LogP contribution is -2.38. The first-order chi connectivity index (χ1) is 9.13. The molecule has 1 aromatic rings. The van der Waals surface area contributed by atoms with E-state index < -0.39 is 0 Å². The second kappa shape index (κ2) is 5.95. The number of carbonyl (C=O) groups is 1. The molecule has 0 aliphatic carbocycles. The molecule has 1 atom stereocenters. The van der Waals surface area contributed by atoms with E-state index in [1.54, 1.807) is 25.3 Å². The maximum atomic E-state index is 12.7. The maximum Gasteiger partial charge on any atom is 0.257 e. The molecule has 1 amide bonds. The molecule has 19 heavy (non-hydrogen) atoms. The average molecular weight is 262 g/mol. The molecular formula is C15H22N2O2. The largest absolute Gasteiger partial charge is 0.496 e. The van der Waals surface area contributed by atoms with E-state index in [1.165, 1.54) is 12.8 Å². The lowest BCUT2D eigenvalue weighted by Gasteiger charge is -2.28. The van der Waals surface area contributed by atoms with Gasteiger partial charge in [-0.15, -0.1) is 0 Å². The topological polar surface area (TPSA) is 55.6 Å². The van der Waals surface area contributed by atoms with E-state index in [4.69, 9.17) is 10.5 Å². The summed E-state index contributed by atoms with van der Waals surface area (Å²) in [6.45, 7) is 2.93. The lowest BCUT2D eigenvalue weighted by molar-refractivity contribution is 0.0694. The van der Waals surface area contributed by atoms with Gasteiger partial charge in [-0.3, -0.25) is 4.79 Å². The molecule has 1 unspecified atom stereocenters. The number of benzene rings is 1. The van der Waals surface area contributed by atoms with Crippen molar-refractivity contribution in [3.63, 3.8) is 0 Å². The van der Waals surface area contributed by atoms with Gasteiger partial charge < -0.3 is 15.4 Å². The van der Waals surface area contributed by atoms with Gasteiger partial charge in [0.2, 0.25) is 0 Å². The first kappa shape index (κ1) is 13.7. The highest BCUT2D eigenvalue weighted by Gasteiger charge is 2.25. The Balaban J connectivity index is 2.29. The Morgan fingerprint density at radius 1 is 1.37 bits per heavy atom. The van der Waals surface area contributed by atoms with Crippen molar-refractivity contribution in [1.82, 2.24) is 4.90 Å². The summed E-state index contributed by atoms with van der Waals surface area (Å²) in [5.74, 6) is 0.620. The molecule has 2 N–H and O–H groups in total. The van der Waals surface area contributed by atoms with Gasteiger partial charge in [0.1, 0.15) is 5.75 Å². The van der Waals surface area contributed by atoms with Crippen LogP contribution in [0, 0.1) is 0 Å². The standard InChI is InChI=1S/C15H22N2O2/c1-11-6-4-3-5-9-17(11)15(18)13-10-12(16)7-8-14(13)19-2/h7-8,10-11H,3-6,9,16H2,1-2H3. The second-order valence-corrected chi connectivity index (χ2v) is 5.16. The van der Waals surface area contributed by atoms with E-state index in [9.17, 15) is 4.79 Å². The molecule has 1 aliphatic heterocycles. The van der Waals surface area contributed by atoms with Crippen LogP contribution in [-0.2, 0) is 0 Å². The number of nitrogens with two attached hydrogens (primary N) is 1. The zero-order chi connectivity index (χ0) is 13.8. The summed E-state index contributed by atoms with van der Waals surface area (Å²) in [4.78, 5) is 14.6. The van der Waals surface area contributed by atoms with Crippen LogP contribution < -0.4 is 10.5 Å². The molecule has 2 rings (SSSR count). The van der Waals surface area contributed by atoms with E-state index in [2.05, 4.69) is 6.92 Å². The number of hydrogen-bond donors (Lipinski definition) is 1. The molecule has 104 valence electrons. The average Bonchev–Trinajstić information content (AvgIpc) is 2.62. The van der Waals surface area contributed by atoms with Crippen LogP contribution in [-0.4, -0.2) is 30.5 Å². The Morgan fingerprint density at radius 2 is 2.16 bits per heavy atom. The summed E-state index contributed by atoms with van der Waals surface area (Å²) in [6, 6.07) is 5.49. The van der Waals surface area contributed by atoms with Crippen LogP contribution in [0.1, 0.15) is 43.0 Å². The fraction of sp³-hybridized carbons (Fsp3) is 0.533. The van der Waals surface area contributed by atoms with Gasteiger partial charge in [-0.1, -0.05) is 12.8 Å². The summed E-state index contributed by atoms with van der Waals surface area (Å²) in [6.07, 6.45) is 4.53. The maximum absolute atomic E-state index is 12.7. The highest BCUT2D eigenvalue weighted by molar-refractivity contribution is 5.98. The van der Waals surface area contributed by atoms with Crippen molar-refractivity contribution in [1.29, 1.82) is 0 Å². The number of amides is 1. The fourth-order valence-corrected chi connectivity index (χ4v) is 2.62. The van der Waals surface area contributed by atoms with Crippen molar-refractivity contribution in [3.05, 3.63) is 23.8 Å². The summed E-state index contributed by atoms with van der Waals surface area (Å²) in [5.41, 5.74) is 6.94. The van der Waals surface area contributed by atoms with Gasteiger partial charge in [0.25, 0.3) is 5.91 Å². The molecule has 1 fully saturated rings. The van der Waals surface area contributed by atoms with Gasteiger partial charge in [-0.2, -0.15) is 0 Å². The van der Waals surface area contributed by atoms with Crippen molar-refractivity contribution >= 4 is 11.6 Å². The second-order valence-electron chi connectivity index (χ2n) is 5.16. The summed E-state index contributed by atoms with van der Waals surface area (Å²) in [7, 11) is 1.58. The normalized spacial score (nSPS) is 19.9. The minimum atomic E-state index is 0.0264. The third kappa shape index (κ3) is 3.00. The first-order valence-electron chi connectivity index (χ1n) is 6.88. The Kier molecular flexibility index (Phi) is 4.30. The van der Waals surface area contributed by atoms with Crippen LogP contribution in [0.5, 0.6) is 5.75 Å². The van der Waals surface area contributed by atoms with Crippen molar-refractivity contribution in [2.75, 3.05) is 19.4 Å². The van der Waals surface area contributed by atoms with E-state index in [0.717, 1.165) is 19.4 Å². The Bertz CT molecular complexity index is 459.